The molecule has 1 aromatic carbocycles. The van der Waals surface area contributed by atoms with Crippen LogP contribution in [0.4, 0.5) is 17.2 Å². The number of hydrogen-bond acceptors (Lipinski definition) is 5. The average Bonchev–Trinajstić information content (AvgIpc) is 3.04. The molecule has 0 unspecified atom stereocenters. The Bertz CT molecular complexity index is 769. The molecule has 22 heavy (non-hydrogen) atoms. The van der Waals surface area contributed by atoms with Crippen LogP contribution in [0.15, 0.2) is 54.2 Å². The number of nitrogens with one attached hydrogen (secondary N) is 2. The second kappa shape index (κ2) is 6.36. The first-order valence-electron chi connectivity index (χ1n) is 6.71. The van der Waals surface area contributed by atoms with Crippen molar-refractivity contribution in [2.45, 2.75) is 6.92 Å². The molecule has 0 saturated heterocycles. The second-order valence-electron chi connectivity index (χ2n) is 4.68. The summed E-state index contributed by atoms with van der Waals surface area (Å²) in [6.45, 7) is 1.91. The summed E-state index contributed by atoms with van der Waals surface area (Å²) in [6, 6.07) is 13.0. The molecular formula is C16H14N4OS. The van der Waals surface area contributed by atoms with E-state index >= 15 is 0 Å². The molecule has 0 spiro atoms. The van der Waals surface area contributed by atoms with E-state index in [1.165, 1.54) is 17.7 Å². The highest BCUT2D eigenvalue weighted by atomic mass is 32.1. The molecule has 0 aliphatic rings. The minimum absolute atomic E-state index is 0.0952. The topological polar surface area (TPSA) is 66.9 Å². The molecule has 5 nitrogen and oxygen atoms in total. The summed E-state index contributed by atoms with van der Waals surface area (Å²) >= 11 is 1.42. The fraction of sp³-hybridized carbons (Fsp3) is 0.0625. The molecule has 0 aliphatic carbocycles. The molecular weight excluding hydrogens is 296 g/mol. The zero-order chi connectivity index (χ0) is 15.4. The van der Waals surface area contributed by atoms with Crippen molar-refractivity contribution in [3.8, 4) is 0 Å². The maximum atomic E-state index is 12.0. The Morgan fingerprint density at radius 3 is 2.55 bits per heavy atom. The molecule has 3 rings (SSSR count). The fourth-order valence-electron chi connectivity index (χ4n) is 1.91. The van der Waals surface area contributed by atoms with Crippen LogP contribution in [0, 0.1) is 6.92 Å². The number of nitrogens with zero attached hydrogens (tertiary/aromatic N) is 2. The third-order valence-electron chi connectivity index (χ3n) is 2.96. The molecule has 110 valence electrons. The highest BCUT2D eigenvalue weighted by Crippen LogP contribution is 2.19. The van der Waals surface area contributed by atoms with E-state index < -0.39 is 0 Å². The van der Waals surface area contributed by atoms with Crippen molar-refractivity contribution in [3.63, 3.8) is 0 Å². The number of carbonyl (C=O) groups is 1. The molecule has 0 aliphatic heterocycles. The largest absolute Gasteiger partial charge is 0.340 e. The Kier molecular flexibility index (Phi) is 4.11. The third kappa shape index (κ3) is 3.48. The molecule has 3 aromatic rings. The van der Waals surface area contributed by atoms with E-state index in [9.17, 15) is 4.79 Å². The number of rotatable bonds is 4. The van der Waals surface area contributed by atoms with Crippen molar-refractivity contribution in [1.29, 1.82) is 0 Å². The molecule has 0 radical (unpaired) electrons. The molecule has 0 saturated carbocycles. The number of amides is 1. The van der Waals surface area contributed by atoms with E-state index in [4.69, 9.17) is 0 Å². The monoisotopic (exact) mass is 310 g/mol. The Hall–Kier alpha value is -2.73. The van der Waals surface area contributed by atoms with E-state index in [-0.39, 0.29) is 5.91 Å². The van der Waals surface area contributed by atoms with Crippen LogP contribution in [0.3, 0.4) is 0 Å². The Labute approximate surface area is 132 Å². The van der Waals surface area contributed by atoms with Crippen LogP contribution in [-0.2, 0) is 0 Å². The van der Waals surface area contributed by atoms with Gasteiger partial charge >= 0.3 is 0 Å². The number of aromatic nitrogens is 2. The van der Waals surface area contributed by atoms with E-state index in [2.05, 4.69) is 20.6 Å². The number of benzene rings is 1. The van der Waals surface area contributed by atoms with Crippen LogP contribution in [0.25, 0.3) is 0 Å². The Morgan fingerprint density at radius 2 is 1.86 bits per heavy atom. The number of aryl methyl sites for hydroxylation is 1. The van der Waals surface area contributed by atoms with Crippen LogP contribution < -0.4 is 10.6 Å². The third-order valence-corrected chi connectivity index (χ3v) is 3.83. The zero-order valence-electron chi connectivity index (χ0n) is 11.9. The van der Waals surface area contributed by atoms with Crippen LogP contribution in [0.2, 0.25) is 0 Å². The van der Waals surface area contributed by atoms with Crippen molar-refractivity contribution in [1.82, 2.24) is 9.97 Å². The van der Waals surface area contributed by atoms with Crippen molar-refractivity contribution in [2.24, 2.45) is 0 Å². The van der Waals surface area contributed by atoms with Crippen LogP contribution in [0.1, 0.15) is 15.4 Å². The van der Waals surface area contributed by atoms with E-state index in [0.29, 0.717) is 4.88 Å². The molecule has 0 bridgehead atoms. The predicted octanol–water partition coefficient (Wildman–Crippen LogP) is 3.84. The van der Waals surface area contributed by atoms with Gasteiger partial charge in [-0.1, -0.05) is 6.07 Å². The number of anilines is 3. The van der Waals surface area contributed by atoms with Gasteiger partial charge in [-0.2, -0.15) is 0 Å². The molecule has 0 fully saturated rings. The van der Waals surface area contributed by atoms with Gasteiger partial charge in [-0.3, -0.25) is 4.79 Å². The van der Waals surface area contributed by atoms with Gasteiger partial charge in [0.2, 0.25) is 0 Å². The lowest BCUT2D eigenvalue weighted by molar-refractivity contribution is 0.103. The lowest BCUT2D eigenvalue weighted by Crippen LogP contribution is -2.09. The highest BCUT2D eigenvalue weighted by molar-refractivity contribution is 7.12. The Morgan fingerprint density at radius 1 is 1.09 bits per heavy atom. The van der Waals surface area contributed by atoms with Gasteiger partial charge in [-0.25, -0.2) is 9.97 Å². The van der Waals surface area contributed by atoms with Gasteiger partial charge in [0.25, 0.3) is 5.91 Å². The number of carbonyl (C=O) groups excluding carboxylic acids is 1. The van der Waals surface area contributed by atoms with Gasteiger partial charge in [0, 0.05) is 23.1 Å². The minimum atomic E-state index is -0.0952. The zero-order valence-corrected chi connectivity index (χ0v) is 12.7. The van der Waals surface area contributed by atoms with Crippen molar-refractivity contribution >= 4 is 34.4 Å². The predicted molar refractivity (Wildman–Crippen MR) is 88.8 cm³/mol. The molecule has 2 aromatic heterocycles. The SMILES string of the molecule is Cc1cc(Nc2ccc(NC(=O)c3cccs3)cc2)ncn1. The Balaban J connectivity index is 1.66. The van der Waals surface area contributed by atoms with Gasteiger partial charge < -0.3 is 10.6 Å². The summed E-state index contributed by atoms with van der Waals surface area (Å²) in [5.74, 6) is 0.644. The number of hydrogen-bond donors (Lipinski definition) is 2. The first-order chi connectivity index (χ1) is 10.7. The second-order valence-corrected chi connectivity index (χ2v) is 5.63. The lowest BCUT2D eigenvalue weighted by Gasteiger charge is -2.08. The summed E-state index contributed by atoms with van der Waals surface area (Å²) in [4.78, 5) is 20.9. The fourth-order valence-corrected chi connectivity index (χ4v) is 2.53. The normalized spacial score (nSPS) is 10.2. The van der Waals surface area contributed by atoms with Gasteiger partial charge in [-0.05, 0) is 42.6 Å². The minimum Gasteiger partial charge on any atom is -0.340 e. The first kappa shape index (κ1) is 14.2. The van der Waals surface area contributed by atoms with Crippen LogP contribution in [0.5, 0.6) is 0 Å². The summed E-state index contributed by atoms with van der Waals surface area (Å²) in [6.07, 6.45) is 1.52. The lowest BCUT2D eigenvalue weighted by atomic mass is 10.2. The van der Waals surface area contributed by atoms with Gasteiger partial charge in [0.05, 0.1) is 4.88 Å². The smallest absolute Gasteiger partial charge is 0.265 e. The van der Waals surface area contributed by atoms with Gasteiger partial charge in [-0.15, -0.1) is 11.3 Å². The molecule has 2 heterocycles. The number of thiophene rings is 1. The molecule has 6 heteroatoms. The van der Waals surface area contributed by atoms with E-state index in [0.717, 1.165) is 22.9 Å². The standard InChI is InChI=1S/C16H14N4OS/c1-11-9-15(18-10-17-11)19-12-4-6-13(7-5-12)20-16(21)14-3-2-8-22-14/h2-10H,1H3,(H,20,21)(H,17,18,19). The maximum Gasteiger partial charge on any atom is 0.265 e. The van der Waals surface area contributed by atoms with E-state index in [1.54, 1.807) is 6.07 Å². The van der Waals surface area contributed by atoms with Crippen LogP contribution in [-0.4, -0.2) is 15.9 Å². The van der Waals surface area contributed by atoms with Gasteiger partial charge in [0.15, 0.2) is 0 Å². The summed E-state index contributed by atoms with van der Waals surface area (Å²) < 4.78 is 0. The van der Waals surface area contributed by atoms with Crippen molar-refractivity contribution in [2.75, 3.05) is 10.6 Å². The quantitative estimate of drug-likeness (QED) is 0.768. The average molecular weight is 310 g/mol. The maximum absolute atomic E-state index is 12.0. The molecule has 2 N–H and O–H groups in total. The summed E-state index contributed by atoms with van der Waals surface area (Å²) in [7, 11) is 0. The van der Waals surface area contributed by atoms with E-state index in [1.807, 2.05) is 48.7 Å². The van der Waals surface area contributed by atoms with Gasteiger partial charge in [0.1, 0.15) is 12.1 Å². The first-order valence-corrected chi connectivity index (χ1v) is 7.59. The van der Waals surface area contributed by atoms with Crippen molar-refractivity contribution < 1.29 is 4.79 Å². The highest BCUT2D eigenvalue weighted by Gasteiger charge is 2.06. The molecule has 0 atom stereocenters. The summed E-state index contributed by atoms with van der Waals surface area (Å²) in [5.41, 5.74) is 2.55. The molecule has 1 amide bonds. The summed E-state index contributed by atoms with van der Waals surface area (Å²) in [5, 5.41) is 7.93. The van der Waals surface area contributed by atoms with Crippen molar-refractivity contribution in [3.05, 3.63) is 64.7 Å². The van der Waals surface area contributed by atoms with Crippen LogP contribution >= 0.6 is 11.3 Å².